The van der Waals surface area contributed by atoms with Gasteiger partial charge in [-0.2, -0.15) is 5.10 Å². The summed E-state index contributed by atoms with van der Waals surface area (Å²) in [6.07, 6.45) is 0. The average molecular weight is 415 g/mol. The third kappa shape index (κ3) is 5.01. The molecule has 0 fully saturated rings. The Labute approximate surface area is 166 Å². The largest absolute Gasteiger partial charge is 0.295 e. The lowest BCUT2D eigenvalue weighted by atomic mass is 10.1. The second kappa shape index (κ2) is 8.46. The van der Waals surface area contributed by atoms with E-state index in [-0.39, 0.29) is 35.1 Å². The van der Waals surface area contributed by atoms with E-state index in [9.17, 15) is 22.4 Å². The summed E-state index contributed by atoms with van der Waals surface area (Å²) in [4.78, 5) is 23.4. The molecule has 7 nitrogen and oxygen atoms in total. The van der Waals surface area contributed by atoms with Crippen molar-refractivity contribution in [3.05, 3.63) is 82.4 Å². The Hall–Kier alpha value is -3.17. The highest BCUT2D eigenvalue weighted by Crippen LogP contribution is 2.15. The van der Waals surface area contributed by atoms with E-state index in [1.54, 1.807) is 0 Å². The molecule has 0 aliphatic carbocycles. The lowest BCUT2D eigenvalue weighted by Crippen LogP contribution is -2.32. The van der Waals surface area contributed by atoms with Gasteiger partial charge in [-0.3, -0.25) is 9.59 Å². The summed E-state index contributed by atoms with van der Waals surface area (Å²) in [7, 11) is -3.85. The first-order valence-electron chi connectivity index (χ1n) is 8.71. The minimum atomic E-state index is -3.85. The normalized spacial score (nSPS) is 11.4. The maximum absolute atomic E-state index is 13.1. The number of carbonyl (C=O) groups excluding carboxylic acids is 1. The Morgan fingerprint density at radius 3 is 2.52 bits per heavy atom. The molecule has 0 aliphatic heterocycles. The van der Waals surface area contributed by atoms with Crippen LogP contribution in [0.5, 0.6) is 0 Å². The summed E-state index contributed by atoms with van der Waals surface area (Å²) < 4.78 is 41.5. The third-order valence-electron chi connectivity index (χ3n) is 4.17. The molecule has 150 valence electrons. The molecule has 0 bridgehead atoms. The van der Waals surface area contributed by atoms with Crippen molar-refractivity contribution in [3.63, 3.8) is 0 Å². The van der Waals surface area contributed by atoms with Crippen LogP contribution in [-0.2, 0) is 16.6 Å². The molecule has 1 N–H and O–H groups in total. The third-order valence-corrected chi connectivity index (χ3v) is 5.63. The first kappa shape index (κ1) is 20.6. The van der Waals surface area contributed by atoms with Crippen LogP contribution in [-0.4, -0.2) is 30.5 Å². The van der Waals surface area contributed by atoms with Gasteiger partial charge in [0.15, 0.2) is 5.78 Å². The predicted molar refractivity (Wildman–Crippen MR) is 106 cm³/mol. The number of aromatic nitrogens is 2. The van der Waals surface area contributed by atoms with Crippen LogP contribution in [0, 0.1) is 5.82 Å². The Morgan fingerprint density at radius 2 is 1.83 bits per heavy atom. The second-order valence-electron chi connectivity index (χ2n) is 6.27. The van der Waals surface area contributed by atoms with Crippen molar-refractivity contribution < 1.29 is 17.6 Å². The zero-order chi connectivity index (χ0) is 21.0. The lowest BCUT2D eigenvalue weighted by molar-refractivity contribution is 0.101. The molecule has 0 unspecified atom stereocenters. The van der Waals surface area contributed by atoms with Gasteiger partial charge < -0.3 is 0 Å². The minimum Gasteiger partial charge on any atom is -0.295 e. The van der Waals surface area contributed by atoms with Crippen LogP contribution in [0.25, 0.3) is 11.3 Å². The summed E-state index contributed by atoms with van der Waals surface area (Å²) in [5.74, 6) is -0.624. The summed E-state index contributed by atoms with van der Waals surface area (Å²) in [5, 5.41) is 4.20. The molecule has 0 radical (unpaired) electrons. The SMILES string of the molecule is CC(=O)c1cccc(S(=O)(=O)NCCn2nc(-c3ccc(F)cc3)ccc2=O)c1. The minimum absolute atomic E-state index is 0.000499. The number of benzene rings is 2. The standard InChI is InChI=1S/C20H18FN3O4S/c1-14(25)16-3-2-4-18(13-16)29(27,28)22-11-12-24-20(26)10-9-19(23-24)15-5-7-17(21)8-6-15/h2-10,13,22H,11-12H2,1H3. The van der Waals surface area contributed by atoms with E-state index in [1.165, 1.54) is 67.6 Å². The van der Waals surface area contributed by atoms with Gasteiger partial charge >= 0.3 is 0 Å². The fourth-order valence-corrected chi connectivity index (χ4v) is 3.70. The van der Waals surface area contributed by atoms with Crippen LogP contribution in [0.15, 0.2) is 70.4 Å². The fraction of sp³-hybridized carbons (Fsp3) is 0.150. The van der Waals surface area contributed by atoms with Gasteiger partial charge in [-0.1, -0.05) is 12.1 Å². The zero-order valence-corrected chi connectivity index (χ0v) is 16.3. The summed E-state index contributed by atoms with van der Waals surface area (Å²) >= 11 is 0. The molecule has 0 saturated heterocycles. The maximum atomic E-state index is 13.1. The number of hydrogen-bond acceptors (Lipinski definition) is 5. The van der Waals surface area contributed by atoms with Gasteiger partial charge in [0.1, 0.15) is 5.82 Å². The number of nitrogens with one attached hydrogen (secondary N) is 1. The van der Waals surface area contributed by atoms with Crippen LogP contribution >= 0.6 is 0 Å². The fourth-order valence-electron chi connectivity index (χ4n) is 2.64. The molecule has 0 aliphatic rings. The van der Waals surface area contributed by atoms with Crippen LogP contribution in [0.3, 0.4) is 0 Å². The molecule has 1 aromatic heterocycles. The number of rotatable bonds is 7. The average Bonchev–Trinajstić information content (AvgIpc) is 2.70. The van der Waals surface area contributed by atoms with Gasteiger partial charge in [-0.15, -0.1) is 0 Å². The van der Waals surface area contributed by atoms with Gasteiger partial charge in [0, 0.05) is 23.7 Å². The van der Waals surface area contributed by atoms with Crippen LogP contribution in [0.2, 0.25) is 0 Å². The second-order valence-corrected chi connectivity index (χ2v) is 8.04. The van der Waals surface area contributed by atoms with Crippen molar-refractivity contribution in [3.8, 4) is 11.3 Å². The van der Waals surface area contributed by atoms with E-state index in [0.29, 0.717) is 11.3 Å². The first-order chi connectivity index (χ1) is 13.8. The Balaban J connectivity index is 1.74. The number of hydrogen-bond donors (Lipinski definition) is 1. The van der Waals surface area contributed by atoms with Gasteiger partial charge in [0.2, 0.25) is 10.0 Å². The van der Waals surface area contributed by atoms with Gasteiger partial charge in [-0.05, 0) is 49.4 Å². The van der Waals surface area contributed by atoms with Crippen molar-refractivity contribution >= 4 is 15.8 Å². The zero-order valence-electron chi connectivity index (χ0n) is 15.5. The van der Waals surface area contributed by atoms with Crippen molar-refractivity contribution in [2.24, 2.45) is 0 Å². The van der Waals surface area contributed by atoms with Gasteiger partial charge in [-0.25, -0.2) is 22.2 Å². The van der Waals surface area contributed by atoms with Crippen molar-refractivity contribution in [2.75, 3.05) is 6.54 Å². The summed E-state index contributed by atoms with van der Waals surface area (Å²) in [5.41, 5.74) is 0.981. The van der Waals surface area contributed by atoms with Crippen molar-refractivity contribution in [2.45, 2.75) is 18.4 Å². The smallest absolute Gasteiger partial charge is 0.266 e. The van der Waals surface area contributed by atoms with Crippen LogP contribution < -0.4 is 10.3 Å². The Kier molecular flexibility index (Phi) is 6.00. The molecule has 0 spiro atoms. The number of halogens is 1. The number of nitrogens with zero attached hydrogens (tertiary/aromatic N) is 2. The highest BCUT2D eigenvalue weighted by atomic mass is 32.2. The van der Waals surface area contributed by atoms with E-state index < -0.39 is 15.6 Å². The summed E-state index contributed by atoms with van der Waals surface area (Å²) in [6, 6.07) is 14.2. The van der Waals surface area contributed by atoms with Crippen LogP contribution in [0.1, 0.15) is 17.3 Å². The van der Waals surface area contributed by atoms with Crippen LogP contribution in [0.4, 0.5) is 4.39 Å². The quantitative estimate of drug-likeness (QED) is 0.597. The topological polar surface area (TPSA) is 98.1 Å². The van der Waals surface area contributed by atoms with Crippen molar-refractivity contribution in [1.29, 1.82) is 0 Å². The number of carbonyl (C=O) groups is 1. The molecule has 3 rings (SSSR count). The Morgan fingerprint density at radius 1 is 1.10 bits per heavy atom. The molecule has 0 amide bonds. The van der Waals surface area contributed by atoms with E-state index in [2.05, 4.69) is 9.82 Å². The first-order valence-corrected chi connectivity index (χ1v) is 10.2. The molecule has 3 aromatic rings. The molecule has 0 atom stereocenters. The van der Waals surface area contributed by atoms with E-state index in [0.717, 1.165) is 4.68 Å². The summed E-state index contributed by atoms with van der Waals surface area (Å²) in [6.45, 7) is 1.28. The predicted octanol–water partition coefficient (Wildman–Crippen LogP) is 2.23. The molecule has 1 heterocycles. The monoisotopic (exact) mass is 415 g/mol. The van der Waals surface area contributed by atoms with Gasteiger partial charge in [0.05, 0.1) is 17.1 Å². The number of Topliss-reactive ketones (excluding diaryl/α,β-unsaturated/α-hetero) is 1. The molecule has 2 aromatic carbocycles. The highest BCUT2D eigenvalue weighted by molar-refractivity contribution is 7.89. The van der Waals surface area contributed by atoms with E-state index >= 15 is 0 Å². The maximum Gasteiger partial charge on any atom is 0.266 e. The van der Waals surface area contributed by atoms with Crippen molar-refractivity contribution in [1.82, 2.24) is 14.5 Å². The molecular weight excluding hydrogens is 397 g/mol. The number of ketones is 1. The van der Waals surface area contributed by atoms with E-state index in [1.807, 2.05) is 0 Å². The molecular formula is C20H18FN3O4S. The highest BCUT2D eigenvalue weighted by Gasteiger charge is 2.15. The molecule has 9 heteroatoms. The number of sulfonamides is 1. The molecule has 29 heavy (non-hydrogen) atoms. The van der Waals surface area contributed by atoms with E-state index in [4.69, 9.17) is 0 Å². The van der Waals surface area contributed by atoms with Gasteiger partial charge in [0.25, 0.3) is 5.56 Å². The Bertz CT molecular complexity index is 1200. The molecule has 0 saturated carbocycles. The lowest BCUT2D eigenvalue weighted by Gasteiger charge is -2.10.